The van der Waals surface area contributed by atoms with Crippen molar-refractivity contribution in [2.24, 2.45) is 0 Å². The van der Waals surface area contributed by atoms with Gasteiger partial charge in [-0.05, 0) is 36.3 Å². The second-order valence-electron chi connectivity index (χ2n) is 3.44. The Bertz CT molecular complexity index is 290. The maximum absolute atomic E-state index is 3.73. The number of hydrogen-bond acceptors (Lipinski definition) is 2. The molecule has 0 saturated heterocycles. The number of fused-ring (bicyclic) bond motifs is 1. The molecule has 1 aliphatic rings. The standard InChI is InChI=1S/C11H15NS/c1-2-7-12-10-4-3-5-11-9(10)6-8-13-11/h2,6,8,10,12H,1,3-5,7H2. The van der Waals surface area contributed by atoms with Crippen molar-refractivity contribution in [2.75, 3.05) is 6.54 Å². The summed E-state index contributed by atoms with van der Waals surface area (Å²) in [6.07, 6.45) is 5.81. The molecule has 0 radical (unpaired) electrons. The smallest absolute Gasteiger partial charge is 0.0334 e. The molecule has 0 saturated carbocycles. The van der Waals surface area contributed by atoms with E-state index < -0.39 is 0 Å². The van der Waals surface area contributed by atoms with E-state index in [1.165, 1.54) is 24.8 Å². The summed E-state index contributed by atoms with van der Waals surface area (Å²) in [6, 6.07) is 2.84. The fourth-order valence-corrected chi connectivity index (χ4v) is 2.91. The van der Waals surface area contributed by atoms with Gasteiger partial charge in [0.2, 0.25) is 0 Å². The van der Waals surface area contributed by atoms with Crippen LogP contribution in [0.15, 0.2) is 24.1 Å². The normalized spacial score (nSPS) is 21.1. The predicted molar refractivity (Wildman–Crippen MR) is 58.2 cm³/mol. The number of nitrogens with one attached hydrogen (secondary N) is 1. The van der Waals surface area contributed by atoms with Crippen molar-refractivity contribution in [1.82, 2.24) is 5.32 Å². The Morgan fingerprint density at radius 3 is 3.46 bits per heavy atom. The molecule has 1 heterocycles. The largest absolute Gasteiger partial charge is 0.306 e. The first kappa shape index (κ1) is 8.97. The molecule has 13 heavy (non-hydrogen) atoms. The second kappa shape index (κ2) is 4.07. The summed E-state index contributed by atoms with van der Waals surface area (Å²) < 4.78 is 0. The van der Waals surface area contributed by atoms with Gasteiger partial charge in [0, 0.05) is 17.5 Å². The van der Waals surface area contributed by atoms with Crippen molar-refractivity contribution >= 4 is 11.3 Å². The highest BCUT2D eigenvalue weighted by Crippen LogP contribution is 2.32. The molecule has 0 amide bonds. The van der Waals surface area contributed by atoms with Gasteiger partial charge in [0.05, 0.1) is 0 Å². The quantitative estimate of drug-likeness (QED) is 0.728. The van der Waals surface area contributed by atoms with Gasteiger partial charge in [-0.3, -0.25) is 0 Å². The molecule has 2 heteroatoms. The van der Waals surface area contributed by atoms with E-state index in [9.17, 15) is 0 Å². The molecule has 1 aromatic heterocycles. The topological polar surface area (TPSA) is 12.0 Å². The van der Waals surface area contributed by atoms with E-state index in [-0.39, 0.29) is 0 Å². The van der Waals surface area contributed by atoms with Crippen molar-refractivity contribution in [3.05, 3.63) is 34.5 Å². The summed E-state index contributed by atoms with van der Waals surface area (Å²) in [5.74, 6) is 0. The number of hydrogen-bond donors (Lipinski definition) is 1. The highest BCUT2D eigenvalue weighted by molar-refractivity contribution is 7.10. The lowest BCUT2D eigenvalue weighted by molar-refractivity contribution is 0.485. The predicted octanol–water partition coefficient (Wildman–Crippen LogP) is 2.90. The molecule has 0 aromatic carbocycles. The molecule has 0 aliphatic heterocycles. The van der Waals surface area contributed by atoms with Crippen molar-refractivity contribution in [3.63, 3.8) is 0 Å². The Morgan fingerprint density at radius 2 is 2.62 bits per heavy atom. The van der Waals surface area contributed by atoms with Gasteiger partial charge >= 0.3 is 0 Å². The Labute approximate surface area is 83.5 Å². The van der Waals surface area contributed by atoms with Crippen LogP contribution in [0.5, 0.6) is 0 Å². The third-order valence-corrected chi connectivity index (χ3v) is 3.56. The van der Waals surface area contributed by atoms with Gasteiger partial charge in [0.1, 0.15) is 0 Å². The van der Waals surface area contributed by atoms with Crippen LogP contribution in [0.2, 0.25) is 0 Å². The van der Waals surface area contributed by atoms with Gasteiger partial charge in [-0.25, -0.2) is 0 Å². The van der Waals surface area contributed by atoms with Crippen LogP contribution in [0.4, 0.5) is 0 Å². The lowest BCUT2D eigenvalue weighted by Gasteiger charge is -2.23. The molecule has 0 fully saturated rings. The summed E-state index contributed by atoms with van der Waals surface area (Å²) in [5, 5.41) is 5.71. The lowest BCUT2D eigenvalue weighted by atomic mass is 9.94. The van der Waals surface area contributed by atoms with Gasteiger partial charge in [-0.1, -0.05) is 6.08 Å². The van der Waals surface area contributed by atoms with E-state index in [2.05, 4.69) is 23.3 Å². The molecule has 2 rings (SSSR count). The third kappa shape index (κ3) is 1.84. The maximum atomic E-state index is 3.73. The molecular formula is C11H15NS. The van der Waals surface area contributed by atoms with Gasteiger partial charge in [-0.2, -0.15) is 0 Å². The van der Waals surface area contributed by atoms with Crippen LogP contribution in [0.25, 0.3) is 0 Å². The third-order valence-electron chi connectivity index (χ3n) is 2.56. The van der Waals surface area contributed by atoms with Gasteiger partial charge in [-0.15, -0.1) is 17.9 Å². The van der Waals surface area contributed by atoms with Gasteiger partial charge in [0.15, 0.2) is 0 Å². The SMILES string of the molecule is C=CCNC1CCCc2sccc21. The van der Waals surface area contributed by atoms with Crippen molar-refractivity contribution < 1.29 is 0 Å². The Morgan fingerprint density at radius 1 is 1.69 bits per heavy atom. The molecule has 0 bridgehead atoms. The Balaban J connectivity index is 2.10. The minimum Gasteiger partial charge on any atom is -0.306 e. The summed E-state index contributed by atoms with van der Waals surface area (Å²) in [7, 11) is 0. The van der Waals surface area contributed by atoms with Crippen LogP contribution >= 0.6 is 11.3 Å². The van der Waals surface area contributed by atoms with Crippen LogP contribution in [-0.4, -0.2) is 6.54 Å². The van der Waals surface area contributed by atoms with E-state index in [0.717, 1.165) is 6.54 Å². The van der Waals surface area contributed by atoms with Crippen LogP contribution in [-0.2, 0) is 6.42 Å². The summed E-state index contributed by atoms with van der Waals surface area (Å²) in [6.45, 7) is 4.65. The van der Waals surface area contributed by atoms with Crippen LogP contribution in [0.1, 0.15) is 29.3 Å². The first-order chi connectivity index (χ1) is 6.42. The van der Waals surface area contributed by atoms with E-state index in [1.54, 1.807) is 4.88 Å². The highest BCUT2D eigenvalue weighted by atomic mass is 32.1. The van der Waals surface area contributed by atoms with Crippen LogP contribution in [0, 0.1) is 0 Å². The van der Waals surface area contributed by atoms with Crippen molar-refractivity contribution in [3.8, 4) is 0 Å². The van der Waals surface area contributed by atoms with E-state index >= 15 is 0 Å². The first-order valence-electron chi connectivity index (χ1n) is 4.82. The van der Waals surface area contributed by atoms with Crippen molar-refractivity contribution in [1.29, 1.82) is 0 Å². The average molecular weight is 193 g/mol. The molecular weight excluding hydrogens is 178 g/mol. The van der Waals surface area contributed by atoms with Crippen LogP contribution in [0.3, 0.4) is 0 Å². The number of rotatable bonds is 3. The zero-order valence-electron chi connectivity index (χ0n) is 7.75. The molecule has 0 spiro atoms. The monoisotopic (exact) mass is 193 g/mol. The van der Waals surface area contributed by atoms with Gasteiger partial charge < -0.3 is 5.32 Å². The molecule has 1 N–H and O–H groups in total. The average Bonchev–Trinajstić information content (AvgIpc) is 2.62. The minimum atomic E-state index is 0.577. The summed E-state index contributed by atoms with van der Waals surface area (Å²) in [5.41, 5.74) is 1.53. The first-order valence-corrected chi connectivity index (χ1v) is 5.70. The molecule has 1 unspecified atom stereocenters. The minimum absolute atomic E-state index is 0.577. The fourth-order valence-electron chi connectivity index (χ4n) is 1.92. The van der Waals surface area contributed by atoms with E-state index in [0.29, 0.717) is 6.04 Å². The summed E-state index contributed by atoms with van der Waals surface area (Å²) >= 11 is 1.90. The van der Waals surface area contributed by atoms with E-state index in [4.69, 9.17) is 0 Å². The molecule has 1 nitrogen and oxygen atoms in total. The second-order valence-corrected chi connectivity index (χ2v) is 4.44. The molecule has 70 valence electrons. The van der Waals surface area contributed by atoms with Crippen molar-refractivity contribution in [2.45, 2.75) is 25.3 Å². The zero-order chi connectivity index (χ0) is 9.10. The summed E-state index contributed by atoms with van der Waals surface area (Å²) in [4.78, 5) is 1.58. The molecule has 1 aliphatic carbocycles. The lowest BCUT2D eigenvalue weighted by Crippen LogP contribution is -2.24. The Kier molecular flexibility index (Phi) is 2.81. The van der Waals surface area contributed by atoms with E-state index in [1.807, 2.05) is 17.4 Å². The number of thiophene rings is 1. The fraction of sp³-hybridized carbons (Fsp3) is 0.455. The molecule has 1 aromatic rings. The van der Waals surface area contributed by atoms with Gasteiger partial charge in [0.25, 0.3) is 0 Å². The number of aryl methyl sites for hydroxylation is 1. The maximum Gasteiger partial charge on any atom is 0.0334 e. The van der Waals surface area contributed by atoms with Crippen LogP contribution < -0.4 is 5.32 Å². The highest BCUT2D eigenvalue weighted by Gasteiger charge is 2.19. The Hall–Kier alpha value is -0.600. The molecule has 1 atom stereocenters. The zero-order valence-corrected chi connectivity index (χ0v) is 8.57.